The predicted octanol–water partition coefficient (Wildman–Crippen LogP) is 1.24. The Bertz CT molecular complexity index is 413. The molecule has 0 saturated carbocycles. The van der Waals surface area contributed by atoms with Crippen molar-refractivity contribution in [3.8, 4) is 0 Å². The molecule has 0 aliphatic carbocycles. The number of esters is 1. The van der Waals surface area contributed by atoms with Crippen molar-refractivity contribution in [1.82, 2.24) is 15.5 Å². The van der Waals surface area contributed by atoms with Crippen LogP contribution in [0.1, 0.15) is 41.0 Å². The van der Waals surface area contributed by atoms with Crippen molar-refractivity contribution in [2.24, 2.45) is 10.9 Å². The molecule has 7 heteroatoms. The number of carbonyl (C=O) groups is 1. The summed E-state index contributed by atoms with van der Waals surface area (Å²) in [6.07, 6.45) is 0.366. The highest BCUT2D eigenvalue weighted by Gasteiger charge is 2.20. The second-order valence-corrected chi connectivity index (χ2v) is 7.08. The van der Waals surface area contributed by atoms with Crippen LogP contribution in [0.3, 0.4) is 0 Å². The topological polar surface area (TPSA) is 75.2 Å². The molecule has 1 aliphatic rings. The van der Waals surface area contributed by atoms with E-state index in [1.165, 1.54) is 0 Å². The number of ether oxygens (including phenoxy) is 2. The molecule has 1 rings (SSSR count). The standard InChI is InChI=1S/C18H36N4O3/c1-6-19-18(20-8-7-17(23)25-15(4)5)21-11-16-13-22(9-10-24-16)12-14(2)3/h14-16H,6-13H2,1-5H3,(H2,19,20,21). The van der Waals surface area contributed by atoms with Gasteiger partial charge in [-0.15, -0.1) is 0 Å². The third-order valence-corrected chi connectivity index (χ3v) is 3.63. The van der Waals surface area contributed by atoms with Crippen LogP contribution < -0.4 is 10.6 Å². The Morgan fingerprint density at radius 2 is 2.08 bits per heavy atom. The van der Waals surface area contributed by atoms with Crippen LogP contribution in [-0.4, -0.2) is 74.9 Å². The first-order chi connectivity index (χ1) is 11.9. The lowest BCUT2D eigenvalue weighted by atomic mass is 10.2. The molecule has 0 amide bonds. The molecule has 1 aliphatic heterocycles. The van der Waals surface area contributed by atoms with Gasteiger partial charge in [-0.3, -0.25) is 14.7 Å². The van der Waals surface area contributed by atoms with E-state index in [9.17, 15) is 4.79 Å². The number of morpholine rings is 1. The highest BCUT2D eigenvalue weighted by molar-refractivity contribution is 5.80. The Hall–Kier alpha value is -1.34. The molecule has 146 valence electrons. The SMILES string of the molecule is CCNC(=NCC1CN(CC(C)C)CCO1)NCCC(=O)OC(C)C. The average Bonchev–Trinajstić information content (AvgIpc) is 2.51. The number of nitrogens with one attached hydrogen (secondary N) is 2. The van der Waals surface area contributed by atoms with Crippen LogP contribution in [0.25, 0.3) is 0 Å². The van der Waals surface area contributed by atoms with Gasteiger partial charge in [0.15, 0.2) is 5.96 Å². The smallest absolute Gasteiger partial charge is 0.307 e. The minimum atomic E-state index is -0.196. The van der Waals surface area contributed by atoms with Crippen molar-refractivity contribution < 1.29 is 14.3 Å². The van der Waals surface area contributed by atoms with Crippen molar-refractivity contribution >= 4 is 11.9 Å². The van der Waals surface area contributed by atoms with Crippen LogP contribution in [0.15, 0.2) is 4.99 Å². The minimum Gasteiger partial charge on any atom is -0.463 e. The molecule has 0 radical (unpaired) electrons. The highest BCUT2D eigenvalue weighted by atomic mass is 16.5. The molecule has 1 saturated heterocycles. The summed E-state index contributed by atoms with van der Waals surface area (Å²) in [5.74, 6) is 1.18. The van der Waals surface area contributed by atoms with E-state index in [1.807, 2.05) is 20.8 Å². The largest absolute Gasteiger partial charge is 0.463 e. The number of rotatable bonds is 9. The van der Waals surface area contributed by atoms with E-state index < -0.39 is 0 Å². The number of nitrogens with zero attached hydrogens (tertiary/aromatic N) is 2. The molecule has 1 fully saturated rings. The normalized spacial score (nSPS) is 19.3. The Labute approximate surface area is 152 Å². The van der Waals surface area contributed by atoms with Crippen LogP contribution in [0.5, 0.6) is 0 Å². The van der Waals surface area contributed by atoms with Crippen LogP contribution >= 0.6 is 0 Å². The Morgan fingerprint density at radius 3 is 2.72 bits per heavy atom. The van der Waals surface area contributed by atoms with E-state index in [1.54, 1.807) is 0 Å². The van der Waals surface area contributed by atoms with Crippen LogP contribution in [-0.2, 0) is 14.3 Å². The zero-order valence-corrected chi connectivity index (χ0v) is 16.5. The summed E-state index contributed by atoms with van der Waals surface area (Å²) in [6, 6.07) is 0. The molecule has 0 bridgehead atoms. The number of carbonyl (C=O) groups excluding carboxylic acids is 1. The van der Waals surface area contributed by atoms with Gasteiger partial charge < -0.3 is 20.1 Å². The van der Waals surface area contributed by atoms with Gasteiger partial charge in [-0.25, -0.2) is 0 Å². The molecule has 0 spiro atoms. The molecule has 1 unspecified atom stereocenters. The first-order valence-corrected chi connectivity index (χ1v) is 9.46. The lowest BCUT2D eigenvalue weighted by molar-refractivity contribution is -0.147. The van der Waals surface area contributed by atoms with Gasteiger partial charge in [0.2, 0.25) is 0 Å². The fourth-order valence-electron chi connectivity index (χ4n) is 2.71. The third kappa shape index (κ3) is 10.3. The van der Waals surface area contributed by atoms with Crippen LogP contribution in [0, 0.1) is 5.92 Å². The molecule has 2 N–H and O–H groups in total. The van der Waals surface area contributed by atoms with E-state index in [2.05, 4.69) is 34.4 Å². The zero-order chi connectivity index (χ0) is 18.7. The summed E-state index contributed by atoms with van der Waals surface area (Å²) >= 11 is 0. The van der Waals surface area contributed by atoms with Gasteiger partial charge in [0, 0.05) is 32.7 Å². The Morgan fingerprint density at radius 1 is 1.32 bits per heavy atom. The number of aliphatic imine (C=N–C) groups is 1. The quantitative estimate of drug-likeness (QED) is 0.368. The fraction of sp³-hybridized carbons (Fsp3) is 0.889. The van der Waals surface area contributed by atoms with E-state index in [-0.39, 0.29) is 18.2 Å². The van der Waals surface area contributed by atoms with E-state index in [0.717, 1.165) is 32.8 Å². The molecule has 25 heavy (non-hydrogen) atoms. The summed E-state index contributed by atoms with van der Waals surface area (Å²) in [7, 11) is 0. The lowest BCUT2D eigenvalue weighted by Crippen LogP contribution is -2.46. The van der Waals surface area contributed by atoms with Gasteiger partial charge in [-0.05, 0) is 26.7 Å². The van der Waals surface area contributed by atoms with E-state index in [0.29, 0.717) is 31.4 Å². The van der Waals surface area contributed by atoms with Gasteiger partial charge in [0.25, 0.3) is 0 Å². The minimum absolute atomic E-state index is 0.0772. The Kier molecular flexibility index (Phi) is 10.5. The van der Waals surface area contributed by atoms with Crippen molar-refractivity contribution in [3.05, 3.63) is 0 Å². The molecular formula is C18H36N4O3. The van der Waals surface area contributed by atoms with Crippen molar-refractivity contribution in [2.45, 2.75) is 53.2 Å². The molecule has 1 atom stereocenters. The van der Waals surface area contributed by atoms with Crippen LogP contribution in [0.4, 0.5) is 0 Å². The summed E-state index contributed by atoms with van der Waals surface area (Å²) in [5, 5.41) is 6.37. The average molecular weight is 357 g/mol. The predicted molar refractivity (Wildman–Crippen MR) is 101 cm³/mol. The van der Waals surface area contributed by atoms with Crippen molar-refractivity contribution in [3.63, 3.8) is 0 Å². The molecule has 0 aromatic heterocycles. The molecule has 0 aromatic carbocycles. The lowest BCUT2D eigenvalue weighted by Gasteiger charge is -2.33. The van der Waals surface area contributed by atoms with Gasteiger partial charge in [0.1, 0.15) is 0 Å². The zero-order valence-electron chi connectivity index (χ0n) is 16.5. The van der Waals surface area contributed by atoms with Gasteiger partial charge in [0.05, 0.1) is 31.8 Å². The summed E-state index contributed by atoms with van der Waals surface area (Å²) in [4.78, 5) is 18.6. The first kappa shape index (κ1) is 21.7. The number of guanidine groups is 1. The first-order valence-electron chi connectivity index (χ1n) is 9.46. The maximum absolute atomic E-state index is 11.6. The molecular weight excluding hydrogens is 320 g/mol. The maximum Gasteiger partial charge on any atom is 0.307 e. The summed E-state index contributed by atoms with van der Waals surface area (Å²) in [6.45, 7) is 15.9. The fourth-order valence-corrected chi connectivity index (χ4v) is 2.71. The number of hydrogen-bond acceptors (Lipinski definition) is 5. The monoisotopic (exact) mass is 356 g/mol. The third-order valence-electron chi connectivity index (χ3n) is 3.63. The molecule has 7 nitrogen and oxygen atoms in total. The molecule has 1 heterocycles. The van der Waals surface area contributed by atoms with Crippen molar-refractivity contribution in [1.29, 1.82) is 0 Å². The Balaban J connectivity index is 2.39. The summed E-state index contributed by atoms with van der Waals surface area (Å²) in [5.41, 5.74) is 0. The van der Waals surface area contributed by atoms with Crippen molar-refractivity contribution in [2.75, 3.05) is 45.9 Å². The second-order valence-electron chi connectivity index (χ2n) is 7.08. The van der Waals surface area contributed by atoms with E-state index in [4.69, 9.17) is 9.47 Å². The summed E-state index contributed by atoms with van der Waals surface area (Å²) < 4.78 is 11.0. The second kappa shape index (κ2) is 12.1. The molecule has 0 aromatic rings. The number of hydrogen-bond donors (Lipinski definition) is 2. The maximum atomic E-state index is 11.6. The van der Waals surface area contributed by atoms with E-state index >= 15 is 0 Å². The highest BCUT2D eigenvalue weighted by Crippen LogP contribution is 2.08. The van der Waals surface area contributed by atoms with Gasteiger partial charge in [-0.1, -0.05) is 13.8 Å². The van der Waals surface area contributed by atoms with Crippen LogP contribution in [0.2, 0.25) is 0 Å². The van der Waals surface area contributed by atoms with Gasteiger partial charge >= 0.3 is 5.97 Å². The van der Waals surface area contributed by atoms with Gasteiger partial charge in [-0.2, -0.15) is 0 Å².